The zero-order valence-corrected chi connectivity index (χ0v) is 11.8. The van der Waals surface area contributed by atoms with Crippen LogP contribution in [0, 0.1) is 21.3 Å². The Bertz CT molecular complexity index is 538. The van der Waals surface area contributed by atoms with Crippen LogP contribution in [0.2, 0.25) is 0 Å². The lowest BCUT2D eigenvalue weighted by atomic mass is 9.97. The van der Waals surface area contributed by atoms with Gasteiger partial charge in [-0.3, -0.25) is 10.1 Å². The molecule has 0 radical (unpaired) electrons. The van der Waals surface area contributed by atoms with E-state index >= 15 is 0 Å². The van der Waals surface area contributed by atoms with E-state index in [4.69, 9.17) is 0 Å². The van der Waals surface area contributed by atoms with E-state index in [0.29, 0.717) is 6.54 Å². The molecule has 0 atom stereocenters. The molecular formula is C13H17FN2O4. The first-order chi connectivity index (χ1) is 9.15. The monoisotopic (exact) mass is 284 g/mol. The van der Waals surface area contributed by atoms with Crippen LogP contribution in [-0.2, 0) is 4.74 Å². The molecule has 1 aromatic carbocycles. The van der Waals surface area contributed by atoms with E-state index in [-0.39, 0.29) is 16.7 Å². The lowest BCUT2D eigenvalue weighted by Crippen LogP contribution is -2.20. The average molecular weight is 284 g/mol. The summed E-state index contributed by atoms with van der Waals surface area (Å²) < 4.78 is 18.1. The van der Waals surface area contributed by atoms with Crippen LogP contribution in [0.4, 0.5) is 15.8 Å². The van der Waals surface area contributed by atoms with Crippen molar-refractivity contribution < 1.29 is 18.8 Å². The molecule has 1 N–H and O–H groups in total. The molecule has 0 aliphatic heterocycles. The SMILES string of the molecule is COC(=O)c1cc(NCC(C)(C)C)c([N+](=O)[O-])cc1F. The van der Waals surface area contributed by atoms with Crippen LogP contribution in [0.25, 0.3) is 0 Å². The summed E-state index contributed by atoms with van der Waals surface area (Å²) in [5.74, 6) is -1.86. The van der Waals surface area contributed by atoms with Gasteiger partial charge in [-0.25, -0.2) is 9.18 Å². The second-order valence-electron chi connectivity index (χ2n) is 5.51. The number of carbonyl (C=O) groups is 1. The second kappa shape index (κ2) is 5.85. The number of hydrogen-bond donors (Lipinski definition) is 1. The van der Waals surface area contributed by atoms with Crippen molar-refractivity contribution in [2.24, 2.45) is 5.41 Å². The minimum atomic E-state index is -0.982. The van der Waals surface area contributed by atoms with Crippen LogP contribution in [0.15, 0.2) is 12.1 Å². The Labute approximate surface area is 116 Å². The lowest BCUT2D eigenvalue weighted by Gasteiger charge is -2.19. The van der Waals surface area contributed by atoms with Gasteiger partial charge in [0.15, 0.2) is 0 Å². The fourth-order valence-electron chi connectivity index (χ4n) is 1.48. The van der Waals surface area contributed by atoms with E-state index in [1.54, 1.807) is 0 Å². The molecule has 0 bridgehead atoms. The Balaban J connectivity index is 3.23. The molecule has 6 nitrogen and oxygen atoms in total. The molecule has 0 fully saturated rings. The van der Waals surface area contributed by atoms with Gasteiger partial charge in [0.2, 0.25) is 0 Å². The highest BCUT2D eigenvalue weighted by Gasteiger charge is 2.23. The fourth-order valence-corrected chi connectivity index (χ4v) is 1.48. The molecule has 1 aromatic rings. The van der Waals surface area contributed by atoms with Gasteiger partial charge in [0.1, 0.15) is 11.5 Å². The zero-order valence-electron chi connectivity index (χ0n) is 11.8. The quantitative estimate of drug-likeness (QED) is 0.522. The molecule has 0 aliphatic carbocycles. The Hall–Kier alpha value is -2.18. The van der Waals surface area contributed by atoms with Gasteiger partial charge in [0.05, 0.1) is 23.7 Å². The number of halogens is 1. The van der Waals surface area contributed by atoms with Crippen LogP contribution in [0.5, 0.6) is 0 Å². The first-order valence-electron chi connectivity index (χ1n) is 5.96. The number of nitrogens with one attached hydrogen (secondary N) is 1. The Kier molecular flexibility index (Phi) is 4.65. The highest BCUT2D eigenvalue weighted by molar-refractivity contribution is 5.91. The normalized spacial score (nSPS) is 11.1. The molecule has 0 amide bonds. The topological polar surface area (TPSA) is 81.5 Å². The first kappa shape index (κ1) is 15.9. The van der Waals surface area contributed by atoms with E-state index in [1.807, 2.05) is 20.8 Å². The highest BCUT2D eigenvalue weighted by atomic mass is 19.1. The lowest BCUT2D eigenvalue weighted by molar-refractivity contribution is -0.384. The van der Waals surface area contributed by atoms with Crippen molar-refractivity contribution in [1.82, 2.24) is 0 Å². The summed E-state index contributed by atoms with van der Waals surface area (Å²) in [7, 11) is 1.12. The van der Waals surface area contributed by atoms with Crippen molar-refractivity contribution in [3.8, 4) is 0 Å². The Morgan fingerprint density at radius 3 is 2.50 bits per heavy atom. The van der Waals surface area contributed by atoms with Crippen molar-refractivity contribution in [3.63, 3.8) is 0 Å². The third kappa shape index (κ3) is 3.91. The largest absolute Gasteiger partial charge is 0.465 e. The summed E-state index contributed by atoms with van der Waals surface area (Å²) in [4.78, 5) is 21.6. The molecule has 0 spiro atoms. The fraction of sp³-hybridized carbons (Fsp3) is 0.462. The van der Waals surface area contributed by atoms with Crippen molar-refractivity contribution in [2.75, 3.05) is 19.0 Å². The molecule has 0 aromatic heterocycles. The number of esters is 1. The van der Waals surface area contributed by atoms with Crippen molar-refractivity contribution >= 4 is 17.3 Å². The van der Waals surface area contributed by atoms with Crippen LogP contribution in [0.1, 0.15) is 31.1 Å². The molecule has 110 valence electrons. The maximum atomic E-state index is 13.7. The number of hydrogen-bond acceptors (Lipinski definition) is 5. The molecule has 1 rings (SSSR count). The van der Waals surface area contributed by atoms with Gasteiger partial charge in [-0.2, -0.15) is 0 Å². The van der Waals surface area contributed by atoms with Crippen molar-refractivity contribution in [3.05, 3.63) is 33.6 Å². The molecule has 0 saturated carbocycles. The second-order valence-corrected chi connectivity index (χ2v) is 5.51. The van der Waals surface area contributed by atoms with Crippen LogP contribution >= 0.6 is 0 Å². The summed E-state index contributed by atoms with van der Waals surface area (Å²) in [6.07, 6.45) is 0. The number of nitro groups is 1. The summed E-state index contributed by atoms with van der Waals surface area (Å²) in [5, 5.41) is 13.8. The van der Waals surface area contributed by atoms with E-state index in [1.165, 1.54) is 0 Å². The predicted molar refractivity (Wildman–Crippen MR) is 72.3 cm³/mol. The number of nitro benzene ring substituents is 1. The van der Waals surface area contributed by atoms with Gasteiger partial charge in [0.25, 0.3) is 5.69 Å². The predicted octanol–water partition coefficient (Wildman–Crippen LogP) is 2.98. The van der Waals surface area contributed by atoms with Gasteiger partial charge >= 0.3 is 5.97 Å². The maximum absolute atomic E-state index is 13.7. The summed E-state index contributed by atoms with van der Waals surface area (Å²) in [6.45, 7) is 6.25. The standard InChI is InChI=1S/C13H17FN2O4/c1-13(2,3)7-15-10-5-8(12(17)20-4)9(14)6-11(10)16(18)19/h5-6,15H,7H2,1-4H3. The molecule has 0 saturated heterocycles. The van der Waals surface area contributed by atoms with Gasteiger partial charge in [0, 0.05) is 6.54 Å². The van der Waals surface area contributed by atoms with Gasteiger partial charge < -0.3 is 10.1 Å². The molecule has 0 aliphatic rings. The molecule has 20 heavy (non-hydrogen) atoms. The van der Waals surface area contributed by atoms with Crippen LogP contribution < -0.4 is 5.32 Å². The van der Waals surface area contributed by atoms with Crippen molar-refractivity contribution in [1.29, 1.82) is 0 Å². The van der Waals surface area contributed by atoms with Gasteiger partial charge in [-0.15, -0.1) is 0 Å². The Morgan fingerprint density at radius 1 is 1.45 bits per heavy atom. The van der Waals surface area contributed by atoms with Crippen LogP contribution in [-0.4, -0.2) is 24.5 Å². The highest BCUT2D eigenvalue weighted by Crippen LogP contribution is 2.29. The zero-order chi connectivity index (χ0) is 15.5. The average Bonchev–Trinajstić information content (AvgIpc) is 2.34. The number of carbonyl (C=O) groups excluding carboxylic acids is 1. The smallest absolute Gasteiger partial charge is 0.340 e. The summed E-state index contributed by atoms with van der Waals surface area (Å²) in [6, 6.07) is 1.82. The molecule has 7 heteroatoms. The van der Waals surface area contributed by atoms with E-state index in [2.05, 4.69) is 10.1 Å². The molecule has 0 unspecified atom stereocenters. The van der Waals surface area contributed by atoms with Crippen LogP contribution in [0.3, 0.4) is 0 Å². The third-order valence-corrected chi connectivity index (χ3v) is 2.50. The number of rotatable bonds is 4. The minimum Gasteiger partial charge on any atom is -0.465 e. The van der Waals surface area contributed by atoms with E-state index < -0.39 is 22.4 Å². The number of methoxy groups -OCH3 is 1. The first-order valence-corrected chi connectivity index (χ1v) is 5.96. The van der Waals surface area contributed by atoms with Gasteiger partial charge in [-0.1, -0.05) is 20.8 Å². The summed E-state index contributed by atoms with van der Waals surface area (Å²) >= 11 is 0. The van der Waals surface area contributed by atoms with E-state index in [0.717, 1.165) is 19.2 Å². The minimum absolute atomic E-state index is 0.0896. The third-order valence-electron chi connectivity index (χ3n) is 2.50. The van der Waals surface area contributed by atoms with Crippen molar-refractivity contribution in [2.45, 2.75) is 20.8 Å². The van der Waals surface area contributed by atoms with E-state index in [9.17, 15) is 19.3 Å². The maximum Gasteiger partial charge on any atom is 0.340 e. The van der Waals surface area contributed by atoms with Gasteiger partial charge in [-0.05, 0) is 11.5 Å². The number of benzene rings is 1. The number of nitrogens with zero attached hydrogens (tertiary/aromatic N) is 1. The molecule has 0 heterocycles. The summed E-state index contributed by atoms with van der Waals surface area (Å²) in [5.41, 5.74) is -0.797. The number of ether oxygens (including phenoxy) is 1. The molecular weight excluding hydrogens is 267 g/mol. The Morgan fingerprint density at radius 2 is 2.05 bits per heavy atom. The number of anilines is 1.